The van der Waals surface area contributed by atoms with Crippen LogP contribution in [0.15, 0.2) is 10.7 Å². The maximum absolute atomic E-state index is 10.3. The molecule has 0 aliphatic heterocycles. The van der Waals surface area contributed by atoms with Gasteiger partial charge in [-0.1, -0.05) is 0 Å². The SMILES string of the molecule is Nc1cc(Br)nc(N)c1[N+](=O)[O-]. The van der Waals surface area contributed by atoms with Crippen LogP contribution in [-0.2, 0) is 0 Å². The van der Waals surface area contributed by atoms with E-state index in [4.69, 9.17) is 11.5 Å². The van der Waals surface area contributed by atoms with Crippen molar-refractivity contribution < 1.29 is 4.92 Å². The third kappa shape index (κ3) is 1.45. The van der Waals surface area contributed by atoms with Crippen LogP contribution in [0.2, 0.25) is 0 Å². The molecule has 0 fully saturated rings. The monoisotopic (exact) mass is 232 g/mol. The molecule has 6 nitrogen and oxygen atoms in total. The molecule has 0 spiro atoms. The minimum Gasteiger partial charge on any atom is -0.393 e. The molecule has 7 heteroatoms. The van der Waals surface area contributed by atoms with E-state index >= 15 is 0 Å². The zero-order valence-electron chi connectivity index (χ0n) is 5.82. The normalized spacial score (nSPS) is 9.75. The molecule has 0 saturated carbocycles. The third-order valence-corrected chi connectivity index (χ3v) is 1.61. The Morgan fingerprint density at radius 2 is 2.17 bits per heavy atom. The van der Waals surface area contributed by atoms with E-state index in [9.17, 15) is 10.1 Å². The smallest absolute Gasteiger partial charge is 0.333 e. The molecule has 0 radical (unpaired) electrons. The molecule has 1 aromatic heterocycles. The van der Waals surface area contributed by atoms with E-state index < -0.39 is 4.92 Å². The van der Waals surface area contributed by atoms with Gasteiger partial charge in [0.15, 0.2) is 0 Å². The molecule has 0 amide bonds. The lowest BCUT2D eigenvalue weighted by molar-refractivity contribution is -0.383. The Bertz CT molecular complexity index is 317. The second-order valence-electron chi connectivity index (χ2n) is 2.03. The lowest BCUT2D eigenvalue weighted by Gasteiger charge is -1.99. The number of nitrogens with zero attached hydrogens (tertiary/aromatic N) is 2. The summed E-state index contributed by atoms with van der Waals surface area (Å²) in [6.07, 6.45) is 0. The second kappa shape index (κ2) is 2.94. The first-order valence-electron chi connectivity index (χ1n) is 2.88. The van der Waals surface area contributed by atoms with Crippen molar-refractivity contribution in [1.82, 2.24) is 4.98 Å². The number of hydrogen-bond acceptors (Lipinski definition) is 5. The van der Waals surface area contributed by atoms with Crippen LogP contribution in [0.3, 0.4) is 0 Å². The van der Waals surface area contributed by atoms with Crippen molar-refractivity contribution >= 4 is 33.1 Å². The van der Waals surface area contributed by atoms with Gasteiger partial charge in [0.1, 0.15) is 10.3 Å². The first kappa shape index (κ1) is 8.72. The number of aromatic nitrogens is 1. The second-order valence-corrected chi connectivity index (χ2v) is 2.84. The number of nitro groups is 1. The third-order valence-electron chi connectivity index (χ3n) is 1.20. The van der Waals surface area contributed by atoms with Crippen molar-refractivity contribution in [2.75, 3.05) is 11.5 Å². The largest absolute Gasteiger partial charge is 0.393 e. The van der Waals surface area contributed by atoms with E-state index in [1.165, 1.54) is 6.07 Å². The summed E-state index contributed by atoms with van der Waals surface area (Å²) in [7, 11) is 0. The highest BCUT2D eigenvalue weighted by atomic mass is 79.9. The summed E-state index contributed by atoms with van der Waals surface area (Å²) in [4.78, 5) is 13.3. The minimum absolute atomic E-state index is 0.000579. The standard InChI is InChI=1S/C5H5BrN4O2/c6-3-1-2(7)4(10(11)12)5(8)9-3/h1H,(H4,7,8,9). The van der Waals surface area contributed by atoms with Crippen molar-refractivity contribution in [1.29, 1.82) is 0 Å². The lowest BCUT2D eigenvalue weighted by atomic mass is 10.3. The predicted molar refractivity (Wildman–Crippen MR) is 47.4 cm³/mol. The predicted octanol–water partition coefficient (Wildman–Crippen LogP) is 0.917. The molecule has 0 saturated heterocycles. The van der Waals surface area contributed by atoms with E-state index in [0.717, 1.165) is 0 Å². The number of nitrogens with two attached hydrogens (primary N) is 2. The first-order chi connectivity index (χ1) is 5.52. The summed E-state index contributed by atoms with van der Waals surface area (Å²) in [6.45, 7) is 0. The average Bonchev–Trinajstić information content (AvgIpc) is 1.82. The van der Waals surface area contributed by atoms with Gasteiger partial charge in [0.2, 0.25) is 5.82 Å². The number of anilines is 2. The van der Waals surface area contributed by atoms with Crippen molar-refractivity contribution in [3.05, 3.63) is 20.8 Å². The van der Waals surface area contributed by atoms with Crippen molar-refractivity contribution in [2.45, 2.75) is 0 Å². The Hall–Kier alpha value is -1.37. The molecule has 4 N–H and O–H groups in total. The summed E-state index contributed by atoms with van der Waals surface area (Å²) in [5.41, 5.74) is 10.2. The topological polar surface area (TPSA) is 108 Å². The van der Waals surface area contributed by atoms with Gasteiger partial charge in [-0.05, 0) is 15.9 Å². The fraction of sp³-hybridized carbons (Fsp3) is 0. The number of nitrogen functional groups attached to an aromatic ring is 2. The number of hydrogen-bond donors (Lipinski definition) is 2. The number of pyridine rings is 1. The zero-order valence-corrected chi connectivity index (χ0v) is 7.41. The highest BCUT2D eigenvalue weighted by molar-refractivity contribution is 9.10. The van der Waals surface area contributed by atoms with Crippen LogP contribution in [-0.4, -0.2) is 9.91 Å². The quantitative estimate of drug-likeness (QED) is 0.425. The molecule has 12 heavy (non-hydrogen) atoms. The Morgan fingerprint density at radius 3 is 2.58 bits per heavy atom. The van der Waals surface area contributed by atoms with Crippen LogP contribution in [0.4, 0.5) is 17.2 Å². The van der Waals surface area contributed by atoms with Crippen LogP contribution in [0.1, 0.15) is 0 Å². The fourth-order valence-corrected chi connectivity index (χ4v) is 1.18. The van der Waals surface area contributed by atoms with Gasteiger partial charge < -0.3 is 11.5 Å². The van der Waals surface area contributed by atoms with Crippen LogP contribution >= 0.6 is 15.9 Å². The summed E-state index contributed by atoms with van der Waals surface area (Å²) in [5, 5.41) is 10.3. The summed E-state index contributed by atoms with van der Waals surface area (Å²) >= 11 is 3.00. The van der Waals surface area contributed by atoms with Gasteiger partial charge >= 0.3 is 5.69 Å². The molecule has 0 aliphatic rings. The Balaban J connectivity index is 3.38. The van der Waals surface area contributed by atoms with Gasteiger partial charge in [0.05, 0.1) is 4.92 Å². The van der Waals surface area contributed by atoms with E-state index in [-0.39, 0.29) is 17.2 Å². The molecule has 64 valence electrons. The van der Waals surface area contributed by atoms with Crippen molar-refractivity contribution in [2.24, 2.45) is 0 Å². The maximum Gasteiger partial charge on any atom is 0.333 e. The molecule has 0 unspecified atom stereocenters. The number of halogens is 1. The molecule has 0 aliphatic carbocycles. The van der Waals surface area contributed by atoms with Crippen LogP contribution in [0, 0.1) is 10.1 Å². The van der Waals surface area contributed by atoms with E-state index in [1.807, 2.05) is 0 Å². The van der Waals surface area contributed by atoms with Gasteiger partial charge in [-0.3, -0.25) is 10.1 Å². The van der Waals surface area contributed by atoms with Gasteiger partial charge in [-0.25, -0.2) is 4.98 Å². The van der Waals surface area contributed by atoms with E-state index in [1.54, 1.807) is 0 Å². The lowest BCUT2D eigenvalue weighted by Crippen LogP contribution is -2.02. The molecule has 1 heterocycles. The Labute approximate surface area is 75.9 Å². The molecule has 0 atom stereocenters. The van der Waals surface area contributed by atoms with Crippen LogP contribution in [0.25, 0.3) is 0 Å². The first-order valence-corrected chi connectivity index (χ1v) is 3.67. The van der Waals surface area contributed by atoms with Crippen LogP contribution in [0.5, 0.6) is 0 Å². The number of rotatable bonds is 1. The van der Waals surface area contributed by atoms with Gasteiger partial charge in [0, 0.05) is 6.07 Å². The molecule has 1 rings (SSSR count). The van der Waals surface area contributed by atoms with Crippen LogP contribution < -0.4 is 11.5 Å². The van der Waals surface area contributed by atoms with Gasteiger partial charge in [0.25, 0.3) is 0 Å². The summed E-state index contributed by atoms with van der Waals surface area (Å²) < 4.78 is 0.378. The minimum atomic E-state index is -0.663. The molecular weight excluding hydrogens is 228 g/mol. The molecule has 0 bridgehead atoms. The average molecular weight is 233 g/mol. The van der Waals surface area contributed by atoms with Crippen molar-refractivity contribution in [3.63, 3.8) is 0 Å². The maximum atomic E-state index is 10.3. The fourth-order valence-electron chi connectivity index (χ4n) is 0.744. The Morgan fingerprint density at radius 1 is 1.58 bits per heavy atom. The highest BCUT2D eigenvalue weighted by Crippen LogP contribution is 2.28. The summed E-state index contributed by atoms with van der Waals surface area (Å²) in [5.74, 6) is -0.188. The van der Waals surface area contributed by atoms with Crippen molar-refractivity contribution in [3.8, 4) is 0 Å². The Kier molecular flexibility index (Phi) is 2.13. The zero-order chi connectivity index (χ0) is 9.30. The molecule has 1 aromatic rings. The summed E-state index contributed by atoms with van der Waals surface area (Å²) in [6, 6.07) is 1.33. The van der Waals surface area contributed by atoms with E-state index in [2.05, 4.69) is 20.9 Å². The molecular formula is C5H5BrN4O2. The van der Waals surface area contributed by atoms with Gasteiger partial charge in [-0.2, -0.15) is 0 Å². The molecule has 0 aromatic carbocycles. The van der Waals surface area contributed by atoms with Gasteiger partial charge in [-0.15, -0.1) is 0 Å². The highest BCUT2D eigenvalue weighted by Gasteiger charge is 2.17. The van der Waals surface area contributed by atoms with E-state index in [0.29, 0.717) is 4.60 Å².